The Labute approximate surface area is 171 Å². The van der Waals surface area contributed by atoms with E-state index in [-0.39, 0.29) is 17.6 Å². The molecule has 0 saturated carbocycles. The fourth-order valence-electron chi connectivity index (χ4n) is 2.78. The first kappa shape index (κ1) is 22.1. The third kappa shape index (κ3) is 5.11. The predicted molar refractivity (Wildman–Crippen MR) is 101 cm³/mol. The normalized spacial score (nSPS) is 12.0. The van der Waals surface area contributed by atoms with Crippen LogP contribution in [0.2, 0.25) is 0 Å². The number of hydrogen-bond acceptors (Lipinski definition) is 4. The second-order valence-corrected chi connectivity index (χ2v) is 6.61. The van der Waals surface area contributed by atoms with Crippen LogP contribution in [0.3, 0.4) is 0 Å². The lowest BCUT2D eigenvalue weighted by molar-refractivity contribution is -0.143. The number of halogens is 6. The smallest absolute Gasteiger partial charge is 0.368 e. The molecule has 0 aliphatic carbocycles. The summed E-state index contributed by atoms with van der Waals surface area (Å²) in [5, 5.41) is 2.10. The van der Waals surface area contributed by atoms with Gasteiger partial charge >= 0.3 is 12.4 Å². The van der Waals surface area contributed by atoms with Crippen LogP contribution in [-0.4, -0.2) is 15.9 Å². The second-order valence-electron chi connectivity index (χ2n) is 6.61. The summed E-state index contributed by atoms with van der Waals surface area (Å²) in [6.07, 6.45) is -7.19. The summed E-state index contributed by atoms with van der Waals surface area (Å²) >= 11 is 0. The third-order valence-electron chi connectivity index (χ3n) is 4.33. The van der Waals surface area contributed by atoms with Crippen LogP contribution in [0.5, 0.6) is 0 Å². The highest BCUT2D eigenvalue weighted by Gasteiger charge is 2.37. The van der Waals surface area contributed by atoms with Crippen LogP contribution in [0.25, 0.3) is 11.1 Å². The molecule has 1 amide bonds. The van der Waals surface area contributed by atoms with E-state index in [0.29, 0.717) is 23.3 Å². The third-order valence-corrected chi connectivity index (χ3v) is 4.33. The van der Waals surface area contributed by atoms with Gasteiger partial charge in [-0.3, -0.25) is 4.79 Å². The van der Waals surface area contributed by atoms with Gasteiger partial charge in [-0.15, -0.1) is 0 Å². The number of rotatable bonds is 3. The van der Waals surface area contributed by atoms with E-state index in [1.807, 2.05) is 0 Å². The van der Waals surface area contributed by atoms with Gasteiger partial charge in [0.2, 0.25) is 5.95 Å². The average molecular weight is 440 g/mol. The fourth-order valence-corrected chi connectivity index (χ4v) is 2.78. The van der Waals surface area contributed by atoms with E-state index in [2.05, 4.69) is 15.3 Å². The van der Waals surface area contributed by atoms with Gasteiger partial charge in [0.05, 0.1) is 11.1 Å². The quantitative estimate of drug-likeness (QED) is 0.540. The second kappa shape index (κ2) is 7.89. The Morgan fingerprint density at radius 2 is 1.45 bits per heavy atom. The molecule has 3 aromatic rings. The molecule has 0 atom stereocenters. The first-order valence-electron chi connectivity index (χ1n) is 8.64. The number of aryl methyl sites for hydroxylation is 1. The van der Waals surface area contributed by atoms with Crippen molar-refractivity contribution in [2.75, 3.05) is 11.1 Å². The van der Waals surface area contributed by atoms with Gasteiger partial charge in [-0.1, -0.05) is 6.07 Å². The van der Waals surface area contributed by atoms with Crippen molar-refractivity contribution in [3.8, 4) is 11.1 Å². The molecule has 31 heavy (non-hydrogen) atoms. The number of benzene rings is 2. The first-order valence-corrected chi connectivity index (χ1v) is 8.64. The van der Waals surface area contributed by atoms with E-state index >= 15 is 0 Å². The number of nitrogens with one attached hydrogen (secondary N) is 1. The van der Waals surface area contributed by atoms with Crippen LogP contribution in [0.15, 0.2) is 48.8 Å². The van der Waals surface area contributed by atoms with Crippen molar-refractivity contribution in [1.82, 2.24) is 9.97 Å². The summed E-state index contributed by atoms with van der Waals surface area (Å²) in [4.78, 5) is 20.3. The standard InChI is InChI=1S/C20H14F6N4O/c1-10-2-3-11(4-16(10)12-8-28-18(27)29-9-12)17(31)30-15-6-13(19(21,22)23)5-14(7-15)20(24,25)26/h2-9H,1H3,(H,30,31)(H2,27,28,29). The van der Waals surface area contributed by atoms with E-state index in [0.717, 1.165) is 5.56 Å². The van der Waals surface area contributed by atoms with Gasteiger partial charge in [0, 0.05) is 29.2 Å². The van der Waals surface area contributed by atoms with Crippen LogP contribution < -0.4 is 11.1 Å². The molecule has 0 aliphatic rings. The summed E-state index contributed by atoms with van der Waals surface area (Å²) in [6.45, 7) is 1.75. The summed E-state index contributed by atoms with van der Waals surface area (Å²) in [5.74, 6) is -0.842. The molecule has 2 aromatic carbocycles. The number of alkyl halides is 6. The number of amides is 1. The molecule has 162 valence electrons. The lowest BCUT2D eigenvalue weighted by Crippen LogP contribution is -2.16. The van der Waals surface area contributed by atoms with Crippen molar-refractivity contribution < 1.29 is 31.1 Å². The van der Waals surface area contributed by atoms with Gasteiger partial charge in [0.1, 0.15) is 0 Å². The number of nitrogens with two attached hydrogens (primary N) is 1. The molecule has 11 heteroatoms. The number of hydrogen-bond donors (Lipinski definition) is 2. The molecular weight excluding hydrogens is 426 g/mol. The van der Waals surface area contributed by atoms with Crippen LogP contribution in [0.1, 0.15) is 27.0 Å². The van der Waals surface area contributed by atoms with Crippen molar-refractivity contribution in [3.05, 3.63) is 71.0 Å². The molecule has 0 fully saturated rings. The zero-order valence-electron chi connectivity index (χ0n) is 15.8. The van der Waals surface area contributed by atoms with E-state index in [4.69, 9.17) is 5.73 Å². The lowest BCUT2D eigenvalue weighted by Gasteiger charge is -2.15. The SMILES string of the molecule is Cc1ccc(C(=O)Nc2cc(C(F)(F)F)cc(C(F)(F)F)c2)cc1-c1cnc(N)nc1. The summed E-state index contributed by atoms with van der Waals surface area (Å²) in [7, 11) is 0. The van der Waals surface area contributed by atoms with Crippen LogP contribution in [0, 0.1) is 6.92 Å². The number of carbonyl (C=O) groups excluding carboxylic acids is 1. The van der Waals surface area contributed by atoms with Gasteiger partial charge in [0.15, 0.2) is 0 Å². The van der Waals surface area contributed by atoms with Crippen molar-refractivity contribution >= 4 is 17.5 Å². The van der Waals surface area contributed by atoms with Gasteiger partial charge in [-0.05, 0) is 48.4 Å². The number of nitrogens with zero attached hydrogens (tertiary/aromatic N) is 2. The monoisotopic (exact) mass is 440 g/mol. The molecule has 0 aliphatic heterocycles. The molecule has 0 bridgehead atoms. The minimum Gasteiger partial charge on any atom is -0.368 e. The van der Waals surface area contributed by atoms with E-state index in [1.165, 1.54) is 24.5 Å². The van der Waals surface area contributed by atoms with Crippen LogP contribution in [-0.2, 0) is 12.4 Å². The van der Waals surface area contributed by atoms with E-state index in [9.17, 15) is 31.1 Å². The summed E-state index contributed by atoms with van der Waals surface area (Å²) < 4.78 is 78.1. The Morgan fingerprint density at radius 1 is 0.903 bits per heavy atom. The Morgan fingerprint density at radius 3 is 1.97 bits per heavy atom. The number of anilines is 2. The fraction of sp³-hybridized carbons (Fsp3) is 0.150. The maximum absolute atomic E-state index is 13.0. The minimum absolute atomic E-state index is 0.0132. The highest BCUT2D eigenvalue weighted by molar-refractivity contribution is 6.05. The minimum atomic E-state index is -5.02. The number of aromatic nitrogens is 2. The molecule has 3 rings (SSSR count). The maximum atomic E-state index is 13.0. The molecule has 0 radical (unpaired) electrons. The highest BCUT2D eigenvalue weighted by atomic mass is 19.4. The molecule has 0 unspecified atom stereocenters. The van der Waals surface area contributed by atoms with Gasteiger partial charge < -0.3 is 11.1 Å². The lowest BCUT2D eigenvalue weighted by atomic mass is 10.00. The predicted octanol–water partition coefficient (Wildman–Crippen LogP) is 5.32. The molecule has 1 aromatic heterocycles. The Balaban J connectivity index is 1.96. The maximum Gasteiger partial charge on any atom is 0.416 e. The van der Waals surface area contributed by atoms with Gasteiger partial charge in [-0.25, -0.2) is 9.97 Å². The molecular formula is C20H14F6N4O. The number of carbonyl (C=O) groups is 1. The van der Waals surface area contributed by atoms with Crippen molar-refractivity contribution in [2.45, 2.75) is 19.3 Å². The Bertz CT molecular complexity index is 1090. The summed E-state index contributed by atoms with van der Waals surface area (Å²) in [5.41, 5.74) is 3.59. The number of nitrogen functional groups attached to an aromatic ring is 1. The topological polar surface area (TPSA) is 80.9 Å². The van der Waals surface area contributed by atoms with E-state index in [1.54, 1.807) is 13.0 Å². The average Bonchev–Trinajstić information content (AvgIpc) is 2.67. The zero-order chi connectivity index (χ0) is 23.0. The van der Waals surface area contributed by atoms with E-state index < -0.39 is 35.1 Å². The summed E-state index contributed by atoms with van der Waals surface area (Å²) in [6, 6.07) is 5.27. The van der Waals surface area contributed by atoms with Gasteiger partial charge in [0.25, 0.3) is 5.91 Å². The Kier molecular flexibility index (Phi) is 5.62. The first-order chi connectivity index (χ1) is 14.3. The molecule has 1 heterocycles. The van der Waals surface area contributed by atoms with Crippen molar-refractivity contribution in [1.29, 1.82) is 0 Å². The molecule has 5 nitrogen and oxygen atoms in total. The van der Waals surface area contributed by atoms with Crippen LogP contribution in [0.4, 0.5) is 38.0 Å². The van der Waals surface area contributed by atoms with Crippen molar-refractivity contribution in [2.24, 2.45) is 0 Å². The zero-order valence-corrected chi connectivity index (χ0v) is 15.8. The Hall–Kier alpha value is -3.63. The highest BCUT2D eigenvalue weighted by Crippen LogP contribution is 2.37. The molecule has 0 saturated heterocycles. The molecule has 0 spiro atoms. The largest absolute Gasteiger partial charge is 0.416 e. The molecule has 3 N–H and O–H groups in total. The van der Waals surface area contributed by atoms with Gasteiger partial charge in [-0.2, -0.15) is 26.3 Å². The van der Waals surface area contributed by atoms with Crippen LogP contribution >= 0.6 is 0 Å². The van der Waals surface area contributed by atoms with Crippen molar-refractivity contribution in [3.63, 3.8) is 0 Å².